The van der Waals surface area contributed by atoms with Crippen LogP contribution in [0.5, 0.6) is 0 Å². The van der Waals surface area contributed by atoms with Crippen LogP contribution in [-0.2, 0) is 0 Å². The smallest absolute Gasteiger partial charge is 0.337 e. The number of hydrogen-bond acceptors (Lipinski definition) is 3. The van der Waals surface area contributed by atoms with Crippen LogP contribution < -0.4 is 11.1 Å². The van der Waals surface area contributed by atoms with Crippen LogP contribution in [0.3, 0.4) is 0 Å². The molecule has 0 aliphatic carbocycles. The fraction of sp³-hybridized carbons (Fsp3) is 0. The van der Waals surface area contributed by atoms with Gasteiger partial charge in [0.05, 0.1) is 21.3 Å². The minimum atomic E-state index is -1.17. The van der Waals surface area contributed by atoms with Gasteiger partial charge in [0.1, 0.15) is 0 Å². The maximum Gasteiger partial charge on any atom is 0.337 e. The minimum Gasteiger partial charge on any atom is -0.478 e. The summed E-state index contributed by atoms with van der Waals surface area (Å²) in [5.74, 6) is -1.61. The van der Waals surface area contributed by atoms with E-state index in [0.29, 0.717) is 16.3 Å². The molecule has 0 saturated heterocycles. The Labute approximate surface area is 130 Å². The van der Waals surface area contributed by atoms with Crippen molar-refractivity contribution in [2.45, 2.75) is 0 Å². The molecule has 0 aliphatic rings. The molecule has 0 fully saturated rings. The Morgan fingerprint density at radius 2 is 1.71 bits per heavy atom. The summed E-state index contributed by atoms with van der Waals surface area (Å²) < 4.78 is 0. The molecule has 0 heterocycles. The summed E-state index contributed by atoms with van der Waals surface area (Å²) in [6.45, 7) is 0. The summed E-state index contributed by atoms with van der Waals surface area (Å²) in [6.07, 6.45) is 0. The zero-order valence-electron chi connectivity index (χ0n) is 10.6. The average Bonchev–Trinajstić information content (AvgIpc) is 2.43. The molecule has 2 aromatic carbocycles. The molecule has 4 N–H and O–H groups in total. The van der Waals surface area contributed by atoms with E-state index < -0.39 is 11.9 Å². The molecule has 2 aromatic rings. The van der Waals surface area contributed by atoms with Crippen LogP contribution in [-0.4, -0.2) is 17.0 Å². The second kappa shape index (κ2) is 6.03. The Morgan fingerprint density at radius 1 is 1.05 bits per heavy atom. The molecule has 1 amide bonds. The molecule has 108 valence electrons. The van der Waals surface area contributed by atoms with Crippen LogP contribution >= 0.6 is 23.2 Å². The van der Waals surface area contributed by atoms with Crippen LogP contribution in [0.2, 0.25) is 10.0 Å². The van der Waals surface area contributed by atoms with Crippen molar-refractivity contribution in [3.8, 4) is 0 Å². The Kier molecular flexibility index (Phi) is 4.35. The first-order valence-corrected chi connectivity index (χ1v) is 6.53. The number of benzene rings is 2. The van der Waals surface area contributed by atoms with Crippen molar-refractivity contribution in [1.82, 2.24) is 0 Å². The van der Waals surface area contributed by atoms with Gasteiger partial charge in [-0.05, 0) is 36.4 Å². The highest BCUT2D eigenvalue weighted by atomic mass is 35.5. The van der Waals surface area contributed by atoms with E-state index in [1.807, 2.05) is 0 Å². The van der Waals surface area contributed by atoms with E-state index in [1.54, 1.807) is 0 Å². The van der Waals surface area contributed by atoms with Crippen LogP contribution in [0.4, 0.5) is 11.4 Å². The summed E-state index contributed by atoms with van der Waals surface area (Å²) in [4.78, 5) is 23.0. The summed E-state index contributed by atoms with van der Waals surface area (Å²) in [6, 6.07) is 8.65. The van der Waals surface area contributed by atoms with Crippen molar-refractivity contribution < 1.29 is 14.7 Å². The standard InChI is InChI=1S/C14H10Cl2N2O3/c15-10-4-2-8(6-9(10)14(20)21)18-13(19)7-1-3-11(16)12(17)5-7/h1-6H,17H2,(H,18,19)(H,20,21). The Bertz CT molecular complexity index is 732. The van der Waals surface area contributed by atoms with Gasteiger partial charge in [-0.2, -0.15) is 0 Å². The van der Waals surface area contributed by atoms with Gasteiger partial charge in [-0.15, -0.1) is 0 Å². The molecule has 0 aliphatic heterocycles. The van der Waals surface area contributed by atoms with Gasteiger partial charge < -0.3 is 16.2 Å². The molecule has 7 heteroatoms. The van der Waals surface area contributed by atoms with Gasteiger partial charge >= 0.3 is 5.97 Å². The molecule has 0 aromatic heterocycles. The molecule has 0 atom stereocenters. The first-order chi connectivity index (χ1) is 9.88. The molecular weight excluding hydrogens is 315 g/mol. The third-order valence-electron chi connectivity index (χ3n) is 2.71. The van der Waals surface area contributed by atoms with Gasteiger partial charge in [-0.1, -0.05) is 23.2 Å². The molecule has 0 unspecified atom stereocenters. The van der Waals surface area contributed by atoms with Crippen LogP contribution in [0.25, 0.3) is 0 Å². The predicted octanol–water partition coefficient (Wildman–Crippen LogP) is 3.53. The number of carbonyl (C=O) groups is 2. The van der Waals surface area contributed by atoms with Crippen molar-refractivity contribution in [3.05, 3.63) is 57.6 Å². The van der Waals surface area contributed by atoms with E-state index in [4.69, 9.17) is 34.0 Å². The second-order valence-corrected chi connectivity index (χ2v) is 5.00. The Balaban J connectivity index is 2.25. The monoisotopic (exact) mass is 324 g/mol. The van der Waals surface area contributed by atoms with Gasteiger partial charge in [0, 0.05) is 11.3 Å². The maximum atomic E-state index is 12.1. The fourth-order valence-corrected chi connectivity index (χ4v) is 1.97. The van der Waals surface area contributed by atoms with Gasteiger partial charge in [0.2, 0.25) is 0 Å². The van der Waals surface area contributed by atoms with Crippen molar-refractivity contribution in [3.63, 3.8) is 0 Å². The number of carboxylic acids is 1. The molecule has 0 spiro atoms. The molecule has 5 nitrogen and oxygen atoms in total. The molecule has 0 saturated carbocycles. The summed E-state index contributed by atoms with van der Waals surface area (Å²) in [5.41, 5.74) is 6.44. The topological polar surface area (TPSA) is 92.4 Å². The van der Waals surface area contributed by atoms with E-state index >= 15 is 0 Å². The zero-order valence-corrected chi connectivity index (χ0v) is 12.1. The number of anilines is 2. The van der Waals surface area contributed by atoms with Crippen LogP contribution in [0, 0.1) is 0 Å². The molecule has 21 heavy (non-hydrogen) atoms. The number of amides is 1. The lowest BCUT2D eigenvalue weighted by Crippen LogP contribution is -2.13. The number of aromatic carboxylic acids is 1. The summed E-state index contributed by atoms with van der Waals surface area (Å²) in [5, 5.41) is 12.0. The lowest BCUT2D eigenvalue weighted by Gasteiger charge is -2.08. The van der Waals surface area contributed by atoms with E-state index in [0.717, 1.165) is 0 Å². The van der Waals surface area contributed by atoms with Gasteiger partial charge in [0.25, 0.3) is 5.91 Å². The molecule has 2 rings (SSSR count). The SMILES string of the molecule is Nc1cc(C(=O)Nc2ccc(Cl)c(C(=O)O)c2)ccc1Cl. The minimum absolute atomic E-state index is 0.0925. The quantitative estimate of drug-likeness (QED) is 0.753. The van der Waals surface area contributed by atoms with Gasteiger partial charge in [-0.25, -0.2) is 4.79 Å². The maximum absolute atomic E-state index is 12.1. The van der Waals surface area contributed by atoms with Crippen molar-refractivity contribution >= 4 is 46.5 Å². The Hall–Kier alpha value is -2.24. The number of halogens is 2. The highest BCUT2D eigenvalue weighted by molar-refractivity contribution is 6.34. The lowest BCUT2D eigenvalue weighted by atomic mass is 10.1. The molecular formula is C14H10Cl2N2O3. The third-order valence-corrected chi connectivity index (χ3v) is 3.39. The van der Waals surface area contributed by atoms with Crippen LogP contribution in [0.15, 0.2) is 36.4 Å². The highest BCUT2D eigenvalue weighted by Gasteiger charge is 2.12. The first-order valence-electron chi connectivity index (χ1n) is 5.77. The molecule has 0 radical (unpaired) electrons. The predicted molar refractivity (Wildman–Crippen MR) is 82.2 cm³/mol. The number of nitrogens with two attached hydrogens (primary N) is 1. The van der Waals surface area contributed by atoms with Crippen molar-refractivity contribution in [1.29, 1.82) is 0 Å². The van der Waals surface area contributed by atoms with E-state index in [9.17, 15) is 9.59 Å². The zero-order chi connectivity index (χ0) is 15.6. The Morgan fingerprint density at radius 3 is 2.33 bits per heavy atom. The average molecular weight is 325 g/mol. The number of carboxylic acid groups (broad SMARTS) is 1. The highest BCUT2D eigenvalue weighted by Crippen LogP contribution is 2.23. The van der Waals surface area contributed by atoms with E-state index in [1.165, 1.54) is 36.4 Å². The number of hydrogen-bond donors (Lipinski definition) is 3. The number of carbonyl (C=O) groups excluding carboxylic acids is 1. The third kappa shape index (κ3) is 3.45. The van der Waals surface area contributed by atoms with Crippen molar-refractivity contribution in [2.24, 2.45) is 0 Å². The number of nitrogen functional groups attached to an aromatic ring is 1. The van der Waals surface area contributed by atoms with Gasteiger partial charge in [-0.3, -0.25) is 4.79 Å². The normalized spacial score (nSPS) is 10.2. The lowest BCUT2D eigenvalue weighted by molar-refractivity contribution is 0.0696. The fourth-order valence-electron chi connectivity index (χ4n) is 1.66. The number of nitrogens with one attached hydrogen (secondary N) is 1. The summed E-state index contributed by atoms with van der Waals surface area (Å²) >= 11 is 11.5. The first kappa shape index (κ1) is 15.2. The second-order valence-electron chi connectivity index (χ2n) is 4.19. The molecule has 0 bridgehead atoms. The van der Waals surface area contributed by atoms with Crippen molar-refractivity contribution in [2.75, 3.05) is 11.1 Å². The van der Waals surface area contributed by atoms with E-state index in [-0.39, 0.29) is 16.3 Å². The van der Waals surface area contributed by atoms with Crippen LogP contribution in [0.1, 0.15) is 20.7 Å². The number of rotatable bonds is 3. The largest absolute Gasteiger partial charge is 0.478 e. The van der Waals surface area contributed by atoms with E-state index in [2.05, 4.69) is 5.32 Å². The van der Waals surface area contributed by atoms with Gasteiger partial charge in [0.15, 0.2) is 0 Å². The summed E-state index contributed by atoms with van der Waals surface area (Å²) in [7, 11) is 0.